The van der Waals surface area contributed by atoms with Gasteiger partial charge in [-0.25, -0.2) is 19.6 Å². The van der Waals surface area contributed by atoms with Crippen LogP contribution in [0.25, 0.3) is 0 Å². The second kappa shape index (κ2) is 10.9. The molecule has 3 aliphatic rings. The van der Waals surface area contributed by atoms with Crippen LogP contribution in [0.4, 0.5) is 21.2 Å². The van der Waals surface area contributed by atoms with Crippen molar-refractivity contribution in [3.8, 4) is 5.88 Å². The molecule has 1 saturated heterocycles. The van der Waals surface area contributed by atoms with E-state index in [2.05, 4.69) is 25.9 Å². The fourth-order valence-electron chi connectivity index (χ4n) is 4.93. The lowest BCUT2D eigenvalue weighted by Gasteiger charge is -2.25. The highest BCUT2D eigenvalue weighted by atomic mass is 35.5. The molecule has 0 unspecified atom stereocenters. The summed E-state index contributed by atoms with van der Waals surface area (Å²) in [4.78, 5) is 46.4. The molecule has 3 N–H and O–H groups in total. The van der Waals surface area contributed by atoms with Gasteiger partial charge >= 0.3 is 12.2 Å². The van der Waals surface area contributed by atoms with Crippen LogP contribution in [-0.4, -0.2) is 66.0 Å². The summed E-state index contributed by atoms with van der Waals surface area (Å²) in [6, 6.07) is 5.48. The Morgan fingerprint density at radius 3 is 2.92 bits per heavy atom. The van der Waals surface area contributed by atoms with Gasteiger partial charge in [-0.2, -0.15) is 0 Å². The Hall–Kier alpha value is -3.64. The van der Waals surface area contributed by atoms with Gasteiger partial charge in [0.25, 0.3) is 11.8 Å². The Kier molecular flexibility index (Phi) is 7.50. The van der Waals surface area contributed by atoms with Crippen molar-refractivity contribution in [3.63, 3.8) is 0 Å². The van der Waals surface area contributed by atoms with Crippen molar-refractivity contribution in [2.24, 2.45) is 5.92 Å². The van der Waals surface area contributed by atoms with Crippen LogP contribution in [0.3, 0.4) is 0 Å². The Morgan fingerprint density at radius 1 is 1.31 bits per heavy atom. The van der Waals surface area contributed by atoms with Gasteiger partial charge in [0.15, 0.2) is 18.2 Å². The molecule has 2 aromatic rings. The maximum absolute atomic E-state index is 12.6. The van der Waals surface area contributed by atoms with E-state index in [9.17, 15) is 14.4 Å². The fraction of sp³-hybridized carbons (Fsp3) is 0.500. The highest BCUT2D eigenvalue weighted by Crippen LogP contribution is 2.39. The summed E-state index contributed by atoms with van der Waals surface area (Å²) in [5, 5.41) is 9.73. The second-order valence-corrected chi connectivity index (χ2v) is 11.1. The number of alkyl carbamates (subject to hydrolysis) is 1. The molecule has 1 aromatic carbocycles. The molecule has 13 heteroatoms. The molecule has 5 rings (SSSR count). The molecule has 0 radical (unpaired) electrons. The zero-order valence-electron chi connectivity index (χ0n) is 22.0. The number of fused-ring (bicyclic) bond motifs is 2. The van der Waals surface area contributed by atoms with E-state index in [0.717, 1.165) is 11.1 Å². The molecule has 0 saturated carbocycles. The maximum atomic E-state index is 12.6. The van der Waals surface area contributed by atoms with Crippen molar-refractivity contribution in [2.45, 2.75) is 51.4 Å². The Balaban J connectivity index is 1.15. The number of rotatable bonds is 7. The monoisotopic (exact) mass is 558 g/mol. The molecule has 1 aromatic heterocycles. The number of halogens is 1. The number of nitrogens with zero attached hydrogens (tertiary/aromatic N) is 3. The number of hydrogen-bond donors (Lipinski definition) is 3. The van der Waals surface area contributed by atoms with Crippen molar-refractivity contribution in [3.05, 3.63) is 40.5 Å². The zero-order valence-corrected chi connectivity index (χ0v) is 22.7. The second-order valence-electron chi connectivity index (χ2n) is 10.7. The number of aromatic nitrogens is 2. The van der Waals surface area contributed by atoms with Crippen molar-refractivity contribution in [2.75, 3.05) is 36.5 Å². The first-order chi connectivity index (χ1) is 18.6. The molecule has 12 nitrogen and oxygen atoms in total. The van der Waals surface area contributed by atoms with Gasteiger partial charge in [0.05, 0.1) is 18.8 Å². The van der Waals surface area contributed by atoms with Crippen LogP contribution in [0.5, 0.6) is 5.88 Å². The number of cyclic esters (lactones) is 1. The van der Waals surface area contributed by atoms with Gasteiger partial charge in [0.2, 0.25) is 0 Å². The van der Waals surface area contributed by atoms with Crippen LogP contribution >= 0.6 is 11.6 Å². The minimum Gasteiger partial charge on any atom is -0.465 e. The molecule has 3 amide bonds. The third-order valence-electron chi connectivity index (χ3n) is 6.62. The number of anilines is 2. The number of benzene rings is 1. The fourth-order valence-corrected chi connectivity index (χ4v) is 5.19. The van der Waals surface area contributed by atoms with Crippen molar-refractivity contribution >= 4 is 41.3 Å². The summed E-state index contributed by atoms with van der Waals surface area (Å²) >= 11 is 6.46. The van der Waals surface area contributed by atoms with Crippen molar-refractivity contribution in [1.29, 1.82) is 0 Å². The predicted octanol–water partition coefficient (Wildman–Crippen LogP) is 3.20. The highest BCUT2D eigenvalue weighted by Gasteiger charge is 2.37. The molecule has 3 atom stereocenters. The standard InChI is InChI=1S/C26H31ClN6O6/c1-26(2,3)39-24(35)32-21-14(9-17-16(21)5-4-6-18(17)27)10-28-8-7-15-12-33(25(36)38-15)19-11-29-23-22(30-19)31-20(34)13-37-23/h4-6,11,14-15,21,28H,7-10,12-13H2,1-3H3,(H,32,35)(H,30,31,34)/t14-,15+,21-/m0/s1. The summed E-state index contributed by atoms with van der Waals surface area (Å²) in [7, 11) is 0. The Bertz CT molecular complexity index is 1280. The summed E-state index contributed by atoms with van der Waals surface area (Å²) in [6.07, 6.45) is 1.36. The topological polar surface area (TPSA) is 144 Å². The predicted molar refractivity (Wildman–Crippen MR) is 142 cm³/mol. The summed E-state index contributed by atoms with van der Waals surface area (Å²) < 4.78 is 16.2. The van der Waals surface area contributed by atoms with E-state index in [4.69, 9.17) is 25.8 Å². The largest absolute Gasteiger partial charge is 0.465 e. The normalized spacial score (nSPS) is 21.9. The highest BCUT2D eigenvalue weighted by molar-refractivity contribution is 6.31. The molecular weight excluding hydrogens is 528 g/mol. The van der Waals surface area contributed by atoms with Crippen molar-refractivity contribution in [1.82, 2.24) is 20.6 Å². The number of nitrogens with one attached hydrogen (secondary N) is 3. The summed E-state index contributed by atoms with van der Waals surface area (Å²) in [5.74, 6) is 0.392. The molecule has 1 fully saturated rings. The summed E-state index contributed by atoms with van der Waals surface area (Å²) in [5.41, 5.74) is 1.42. The molecule has 0 spiro atoms. The first kappa shape index (κ1) is 26.9. The van der Waals surface area contributed by atoms with Crippen LogP contribution in [-0.2, 0) is 20.7 Å². The molecule has 0 bridgehead atoms. The van der Waals surface area contributed by atoms with E-state index < -0.39 is 17.8 Å². The number of ether oxygens (including phenoxy) is 3. The smallest absolute Gasteiger partial charge is 0.415 e. The number of amides is 3. The quantitative estimate of drug-likeness (QED) is 0.436. The zero-order chi connectivity index (χ0) is 27.7. The summed E-state index contributed by atoms with van der Waals surface area (Å²) in [6.45, 7) is 6.86. The van der Waals surface area contributed by atoms with E-state index in [1.54, 1.807) is 0 Å². The maximum Gasteiger partial charge on any atom is 0.415 e. The van der Waals surface area contributed by atoms with Gasteiger partial charge in [0, 0.05) is 17.5 Å². The van der Waals surface area contributed by atoms with E-state index in [1.165, 1.54) is 11.1 Å². The Labute approximate surface area is 230 Å². The molecule has 208 valence electrons. The van der Waals surface area contributed by atoms with Crippen LogP contribution < -0.4 is 25.6 Å². The number of carbonyl (C=O) groups is 3. The SMILES string of the molecule is CC(C)(C)OC(=O)N[C@@H]1c2cccc(Cl)c2C[C@H]1CNCC[C@@H]1CN(c2cnc3c(n2)NC(=O)CO3)C(=O)O1. The van der Waals surface area contributed by atoms with Crippen LogP contribution in [0.15, 0.2) is 24.4 Å². The van der Waals surface area contributed by atoms with Crippen LogP contribution in [0.2, 0.25) is 5.02 Å². The minimum atomic E-state index is -0.605. The molecule has 2 aliphatic heterocycles. The van der Waals surface area contributed by atoms with Crippen molar-refractivity contribution < 1.29 is 28.6 Å². The van der Waals surface area contributed by atoms with E-state index >= 15 is 0 Å². The third kappa shape index (κ3) is 6.17. The first-order valence-corrected chi connectivity index (χ1v) is 13.2. The molecule has 3 heterocycles. The number of hydrogen-bond acceptors (Lipinski definition) is 9. The average Bonchev–Trinajstić information content (AvgIpc) is 3.41. The van der Waals surface area contributed by atoms with E-state index in [-0.39, 0.29) is 48.1 Å². The van der Waals surface area contributed by atoms with Gasteiger partial charge < -0.3 is 30.2 Å². The van der Waals surface area contributed by atoms with Crippen LogP contribution in [0, 0.1) is 5.92 Å². The lowest BCUT2D eigenvalue weighted by Crippen LogP contribution is -2.39. The molecule has 1 aliphatic carbocycles. The van der Waals surface area contributed by atoms with Gasteiger partial charge in [-0.3, -0.25) is 9.69 Å². The third-order valence-corrected chi connectivity index (χ3v) is 6.98. The van der Waals surface area contributed by atoms with E-state index in [0.29, 0.717) is 37.5 Å². The lowest BCUT2D eigenvalue weighted by atomic mass is 10.0. The Morgan fingerprint density at radius 2 is 2.13 bits per heavy atom. The molecular formula is C26H31ClN6O6. The minimum absolute atomic E-state index is 0.0678. The first-order valence-electron chi connectivity index (χ1n) is 12.8. The van der Waals surface area contributed by atoms with Gasteiger partial charge in [-0.1, -0.05) is 23.7 Å². The molecule has 39 heavy (non-hydrogen) atoms. The van der Waals surface area contributed by atoms with Gasteiger partial charge in [-0.05, 0) is 57.4 Å². The van der Waals surface area contributed by atoms with E-state index in [1.807, 2.05) is 39.0 Å². The average molecular weight is 559 g/mol. The lowest BCUT2D eigenvalue weighted by molar-refractivity contribution is -0.118. The van der Waals surface area contributed by atoms with Gasteiger partial charge in [-0.15, -0.1) is 0 Å². The van der Waals surface area contributed by atoms with Crippen LogP contribution in [0.1, 0.15) is 44.4 Å². The van der Waals surface area contributed by atoms with Gasteiger partial charge in [0.1, 0.15) is 11.7 Å². The number of carbonyl (C=O) groups excluding carboxylic acids is 3.